The largest absolute Gasteiger partial charge is 0.348 e. The summed E-state index contributed by atoms with van der Waals surface area (Å²) < 4.78 is 0. The fourth-order valence-corrected chi connectivity index (χ4v) is 4.13. The molecule has 3 amide bonds. The Morgan fingerprint density at radius 2 is 2.00 bits per heavy atom. The molecule has 1 saturated carbocycles. The molecule has 1 aromatic carbocycles. The molecule has 0 aromatic heterocycles. The van der Waals surface area contributed by atoms with E-state index in [0.29, 0.717) is 5.02 Å². The molecule has 1 atom stereocenters. The second kappa shape index (κ2) is 7.16. The first kappa shape index (κ1) is 17.9. The number of carbonyl (C=O) groups is 3. The normalized spacial score (nSPS) is 20.8. The van der Waals surface area contributed by atoms with Crippen molar-refractivity contribution in [3.63, 3.8) is 0 Å². The van der Waals surface area contributed by atoms with Crippen LogP contribution in [0.15, 0.2) is 24.3 Å². The second-order valence-electron chi connectivity index (χ2n) is 7.15. The number of halogens is 1. The molecule has 1 spiro atoms. The van der Waals surface area contributed by atoms with Gasteiger partial charge in [0, 0.05) is 11.4 Å². The van der Waals surface area contributed by atoms with Crippen molar-refractivity contribution in [2.24, 2.45) is 5.41 Å². The molecule has 1 aromatic rings. The number of imide groups is 1. The van der Waals surface area contributed by atoms with Crippen molar-refractivity contribution in [3.8, 4) is 0 Å². The highest BCUT2D eigenvalue weighted by Crippen LogP contribution is 2.45. The highest BCUT2D eigenvalue weighted by molar-refractivity contribution is 6.30. The van der Waals surface area contributed by atoms with Gasteiger partial charge in [-0.25, -0.2) is 0 Å². The van der Waals surface area contributed by atoms with Gasteiger partial charge in [-0.2, -0.15) is 0 Å². The fourth-order valence-electron chi connectivity index (χ4n) is 3.93. The Morgan fingerprint density at radius 3 is 2.68 bits per heavy atom. The van der Waals surface area contributed by atoms with Crippen molar-refractivity contribution in [1.82, 2.24) is 10.2 Å². The Labute approximate surface area is 152 Å². The van der Waals surface area contributed by atoms with Crippen LogP contribution in [0.1, 0.15) is 57.1 Å². The summed E-state index contributed by atoms with van der Waals surface area (Å²) in [5.74, 6) is -0.720. The Kier molecular flexibility index (Phi) is 5.13. The van der Waals surface area contributed by atoms with Crippen LogP contribution in [-0.2, 0) is 14.4 Å². The number of nitrogens with one attached hydrogen (secondary N) is 1. The predicted octanol–water partition coefficient (Wildman–Crippen LogP) is 3.23. The van der Waals surface area contributed by atoms with Crippen LogP contribution in [0.3, 0.4) is 0 Å². The zero-order chi connectivity index (χ0) is 18.0. The minimum absolute atomic E-state index is 0.164. The lowest BCUT2D eigenvalue weighted by molar-refractivity contribution is -0.145. The van der Waals surface area contributed by atoms with Crippen molar-refractivity contribution >= 4 is 29.3 Å². The number of likely N-dealkylation sites (tertiary alicyclic amines) is 1. The lowest BCUT2D eigenvalue weighted by Crippen LogP contribution is -2.43. The maximum atomic E-state index is 12.7. The quantitative estimate of drug-likeness (QED) is 0.836. The molecule has 6 heteroatoms. The topological polar surface area (TPSA) is 66.5 Å². The standard InChI is InChI=1S/C19H23ClN2O3/c1-13(14-6-5-7-15(20)10-14)21-16(23)12-22-17(24)11-19(18(22)25)8-3-2-4-9-19/h5-7,10,13H,2-4,8-9,11-12H2,1H3,(H,21,23). The third kappa shape index (κ3) is 3.71. The first-order valence-electron chi connectivity index (χ1n) is 8.81. The Bertz CT molecular complexity index is 698. The van der Waals surface area contributed by atoms with Crippen LogP contribution in [0.4, 0.5) is 0 Å². The van der Waals surface area contributed by atoms with Gasteiger partial charge in [-0.1, -0.05) is 43.0 Å². The van der Waals surface area contributed by atoms with Crippen molar-refractivity contribution in [2.45, 2.75) is 51.5 Å². The van der Waals surface area contributed by atoms with E-state index in [2.05, 4.69) is 5.32 Å². The summed E-state index contributed by atoms with van der Waals surface area (Å²) in [5, 5.41) is 3.44. The molecule has 1 saturated heterocycles. The van der Waals surface area contributed by atoms with Gasteiger partial charge in [0.25, 0.3) is 0 Å². The van der Waals surface area contributed by atoms with E-state index in [1.807, 2.05) is 19.1 Å². The Balaban J connectivity index is 1.62. The summed E-state index contributed by atoms with van der Waals surface area (Å²) in [7, 11) is 0. The molecule has 0 radical (unpaired) electrons. The van der Waals surface area contributed by atoms with Crippen molar-refractivity contribution < 1.29 is 14.4 Å². The van der Waals surface area contributed by atoms with Gasteiger partial charge in [-0.15, -0.1) is 0 Å². The van der Waals surface area contributed by atoms with Gasteiger partial charge in [-0.05, 0) is 37.5 Å². The zero-order valence-corrected chi connectivity index (χ0v) is 15.1. The summed E-state index contributed by atoms with van der Waals surface area (Å²) in [4.78, 5) is 38.5. The summed E-state index contributed by atoms with van der Waals surface area (Å²) in [5.41, 5.74) is 0.331. The molecule has 3 rings (SSSR count). The van der Waals surface area contributed by atoms with Crippen LogP contribution in [0.25, 0.3) is 0 Å². The Hall–Kier alpha value is -1.88. The molecule has 1 aliphatic heterocycles. The van der Waals surface area contributed by atoms with Gasteiger partial charge >= 0.3 is 0 Å². The van der Waals surface area contributed by atoms with Crippen LogP contribution in [-0.4, -0.2) is 29.2 Å². The lowest BCUT2D eigenvalue weighted by atomic mass is 9.73. The SMILES string of the molecule is CC(NC(=O)CN1C(=O)CC2(CCCCC2)C1=O)c1cccc(Cl)c1. The van der Waals surface area contributed by atoms with E-state index < -0.39 is 5.41 Å². The van der Waals surface area contributed by atoms with Crippen molar-refractivity contribution in [3.05, 3.63) is 34.9 Å². The van der Waals surface area contributed by atoms with Crippen LogP contribution in [0.5, 0.6) is 0 Å². The average molecular weight is 363 g/mol. The number of hydrogen-bond acceptors (Lipinski definition) is 3. The van der Waals surface area contributed by atoms with E-state index in [4.69, 9.17) is 11.6 Å². The summed E-state index contributed by atoms with van der Waals surface area (Å²) in [6.45, 7) is 1.64. The molecule has 5 nitrogen and oxygen atoms in total. The molecule has 2 fully saturated rings. The number of carbonyl (C=O) groups excluding carboxylic acids is 3. The van der Waals surface area contributed by atoms with Gasteiger partial charge in [0.2, 0.25) is 17.7 Å². The molecule has 2 aliphatic rings. The molecule has 1 N–H and O–H groups in total. The van der Waals surface area contributed by atoms with E-state index in [1.165, 1.54) is 0 Å². The van der Waals surface area contributed by atoms with E-state index in [9.17, 15) is 14.4 Å². The summed E-state index contributed by atoms with van der Waals surface area (Å²) >= 11 is 5.97. The van der Waals surface area contributed by atoms with Gasteiger partial charge in [0.1, 0.15) is 6.54 Å². The average Bonchev–Trinajstić information content (AvgIpc) is 2.79. The Morgan fingerprint density at radius 1 is 1.28 bits per heavy atom. The molecule has 0 bridgehead atoms. The first-order valence-corrected chi connectivity index (χ1v) is 9.19. The molecule has 1 heterocycles. The van der Waals surface area contributed by atoms with Crippen LogP contribution < -0.4 is 5.32 Å². The van der Waals surface area contributed by atoms with Gasteiger partial charge in [-0.3, -0.25) is 19.3 Å². The fraction of sp³-hybridized carbons (Fsp3) is 0.526. The maximum absolute atomic E-state index is 12.7. The zero-order valence-electron chi connectivity index (χ0n) is 14.4. The summed E-state index contributed by atoms with van der Waals surface area (Å²) in [6.07, 6.45) is 4.84. The number of nitrogens with zero attached hydrogens (tertiary/aromatic N) is 1. The van der Waals surface area contributed by atoms with E-state index >= 15 is 0 Å². The molecule has 25 heavy (non-hydrogen) atoms. The van der Waals surface area contributed by atoms with E-state index in [0.717, 1.165) is 42.6 Å². The molecular weight excluding hydrogens is 340 g/mol. The van der Waals surface area contributed by atoms with Gasteiger partial charge in [0.15, 0.2) is 0 Å². The lowest BCUT2D eigenvalue weighted by Gasteiger charge is -2.30. The third-order valence-electron chi connectivity index (χ3n) is 5.33. The number of benzene rings is 1. The van der Waals surface area contributed by atoms with E-state index in [-0.39, 0.29) is 36.7 Å². The van der Waals surface area contributed by atoms with Crippen molar-refractivity contribution in [2.75, 3.05) is 6.54 Å². The van der Waals surface area contributed by atoms with Gasteiger partial charge in [0.05, 0.1) is 11.5 Å². The number of hydrogen-bond donors (Lipinski definition) is 1. The van der Waals surface area contributed by atoms with Crippen LogP contribution >= 0.6 is 11.6 Å². The minimum Gasteiger partial charge on any atom is -0.348 e. The number of rotatable bonds is 4. The molecular formula is C19H23ClN2O3. The minimum atomic E-state index is -0.547. The molecule has 1 aliphatic carbocycles. The third-order valence-corrected chi connectivity index (χ3v) is 5.56. The van der Waals surface area contributed by atoms with Gasteiger partial charge < -0.3 is 5.32 Å². The second-order valence-corrected chi connectivity index (χ2v) is 7.58. The predicted molar refractivity (Wildman–Crippen MR) is 94.9 cm³/mol. The maximum Gasteiger partial charge on any atom is 0.240 e. The summed E-state index contributed by atoms with van der Waals surface area (Å²) in [6, 6.07) is 7.00. The van der Waals surface area contributed by atoms with Crippen molar-refractivity contribution in [1.29, 1.82) is 0 Å². The van der Waals surface area contributed by atoms with E-state index in [1.54, 1.807) is 12.1 Å². The molecule has 134 valence electrons. The smallest absolute Gasteiger partial charge is 0.240 e. The first-order chi connectivity index (χ1) is 11.9. The van der Waals surface area contributed by atoms with Crippen LogP contribution in [0, 0.1) is 5.41 Å². The number of amides is 3. The molecule has 1 unspecified atom stereocenters. The highest BCUT2D eigenvalue weighted by Gasteiger charge is 2.51. The monoisotopic (exact) mass is 362 g/mol. The highest BCUT2D eigenvalue weighted by atomic mass is 35.5. The van der Waals surface area contributed by atoms with Crippen LogP contribution in [0.2, 0.25) is 5.02 Å².